The molecule has 1 saturated heterocycles. The van der Waals surface area contributed by atoms with Crippen LogP contribution in [0.1, 0.15) is 26.3 Å². The fourth-order valence-corrected chi connectivity index (χ4v) is 2.03. The third-order valence-corrected chi connectivity index (χ3v) is 3.13. The molecule has 1 aliphatic heterocycles. The second-order valence-corrected chi connectivity index (χ2v) is 6.00. The number of ether oxygens (including phenoxy) is 1. The average Bonchev–Trinajstić information content (AvgIpc) is 2.13. The lowest BCUT2D eigenvalue weighted by Gasteiger charge is -2.36. The highest BCUT2D eigenvalue weighted by atomic mass is 16.5. The van der Waals surface area contributed by atoms with Gasteiger partial charge in [-0.15, -0.1) is 0 Å². The van der Waals surface area contributed by atoms with Gasteiger partial charge in [0.15, 0.2) is 0 Å². The van der Waals surface area contributed by atoms with Gasteiger partial charge in [-0.3, -0.25) is 4.90 Å². The maximum absolute atomic E-state index is 5.93. The minimum absolute atomic E-state index is 0.101. The minimum Gasteiger partial charge on any atom is -0.488 e. The van der Waals surface area contributed by atoms with Crippen LogP contribution >= 0.6 is 0 Å². The van der Waals surface area contributed by atoms with Crippen LogP contribution in [0.15, 0.2) is 18.2 Å². The summed E-state index contributed by atoms with van der Waals surface area (Å²) < 4.78 is 5.92. The zero-order chi connectivity index (χ0) is 12.6. The lowest BCUT2D eigenvalue weighted by atomic mass is 9.87. The van der Waals surface area contributed by atoms with Crippen LogP contribution in [0, 0.1) is 0 Å². The molecule has 1 aromatic rings. The predicted octanol–water partition coefficient (Wildman–Crippen LogP) is 2.26. The molecule has 0 spiro atoms. The van der Waals surface area contributed by atoms with E-state index < -0.39 is 0 Å². The molecule has 2 rings (SSSR count). The van der Waals surface area contributed by atoms with E-state index in [4.69, 9.17) is 10.5 Å². The lowest BCUT2D eigenvalue weighted by molar-refractivity contribution is 0.0388. The topological polar surface area (TPSA) is 38.5 Å². The van der Waals surface area contributed by atoms with Gasteiger partial charge in [-0.1, -0.05) is 20.8 Å². The fraction of sp³-hybridized carbons (Fsp3) is 0.571. The highest BCUT2D eigenvalue weighted by molar-refractivity contribution is 5.49. The lowest BCUT2D eigenvalue weighted by Crippen LogP contribution is -2.51. The normalized spacial score (nSPS) is 17.9. The van der Waals surface area contributed by atoms with Gasteiger partial charge in [0.25, 0.3) is 0 Å². The first-order valence-electron chi connectivity index (χ1n) is 6.11. The molecule has 1 fully saturated rings. The number of hydrogen-bond donors (Lipinski definition) is 1. The van der Waals surface area contributed by atoms with Crippen LogP contribution in [0.3, 0.4) is 0 Å². The summed E-state index contributed by atoms with van der Waals surface area (Å²) in [4.78, 5) is 2.24. The van der Waals surface area contributed by atoms with Crippen molar-refractivity contribution in [3.8, 4) is 5.75 Å². The smallest absolute Gasteiger partial charge is 0.124 e. The summed E-state index contributed by atoms with van der Waals surface area (Å²) in [6.45, 7) is 8.55. The van der Waals surface area contributed by atoms with Gasteiger partial charge in [-0.2, -0.15) is 0 Å². The van der Waals surface area contributed by atoms with Crippen molar-refractivity contribution in [1.82, 2.24) is 4.90 Å². The third kappa shape index (κ3) is 2.91. The fourth-order valence-electron chi connectivity index (χ4n) is 2.03. The van der Waals surface area contributed by atoms with E-state index in [0.29, 0.717) is 6.10 Å². The number of likely N-dealkylation sites (tertiary alicyclic amines) is 1. The number of benzene rings is 1. The Bertz CT molecular complexity index is 403. The summed E-state index contributed by atoms with van der Waals surface area (Å²) in [6.07, 6.45) is 0.314. The molecule has 3 nitrogen and oxygen atoms in total. The van der Waals surface area contributed by atoms with Gasteiger partial charge >= 0.3 is 0 Å². The Morgan fingerprint density at radius 2 is 1.88 bits per heavy atom. The number of rotatable bonds is 2. The van der Waals surface area contributed by atoms with Gasteiger partial charge in [0.1, 0.15) is 11.9 Å². The minimum atomic E-state index is 0.101. The zero-order valence-corrected chi connectivity index (χ0v) is 11.2. The van der Waals surface area contributed by atoms with E-state index >= 15 is 0 Å². The standard InChI is InChI=1S/C14H22N2O/c1-14(2,3)10-5-11(15)7-12(6-10)17-13-8-16(4)9-13/h5-7,13H,8-9,15H2,1-4H3. The van der Waals surface area contributed by atoms with Crippen LogP contribution in [0.2, 0.25) is 0 Å². The van der Waals surface area contributed by atoms with Crippen LogP contribution < -0.4 is 10.5 Å². The first kappa shape index (κ1) is 12.2. The molecule has 17 heavy (non-hydrogen) atoms. The predicted molar refractivity (Wildman–Crippen MR) is 71.5 cm³/mol. The molecule has 2 N–H and O–H groups in total. The Morgan fingerprint density at radius 1 is 1.24 bits per heavy atom. The molecule has 1 aliphatic rings. The average molecular weight is 234 g/mol. The molecular formula is C14H22N2O. The van der Waals surface area contributed by atoms with Gasteiger partial charge < -0.3 is 10.5 Å². The van der Waals surface area contributed by atoms with E-state index in [-0.39, 0.29) is 5.41 Å². The Balaban J connectivity index is 2.14. The largest absolute Gasteiger partial charge is 0.488 e. The van der Waals surface area contributed by atoms with E-state index in [9.17, 15) is 0 Å². The van der Waals surface area contributed by atoms with Crippen LogP contribution in [0.5, 0.6) is 5.75 Å². The van der Waals surface area contributed by atoms with Crippen molar-refractivity contribution < 1.29 is 4.74 Å². The summed E-state index contributed by atoms with van der Waals surface area (Å²) in [5.74, 6) is 0.896. The number of hydrogen-bond acceptors (Lipinski definition) is 3. The van der Waals surface area contributed by atoms with Crippen molar-refractivity contribution >= 4 is 5.69 Å². The SMILES string of the molecule is CN1CC(Oc2cc(N)cc(C(C)(C)C)c2)C1. The summed E-state index contributed by atoms with van der Waals surface area (Å²) in [7, 11) is 2.10. The van der Waals surface area contributed by atoms with Crippen molar-refractivity contribution in [2.75, 3.05) is 25.9 Å². The number of anilines is 1. The molecule has 0 radical (unpaired) electrons. The number of nitrogens with zero attached hydrogens (tertiary/aromatic N) is 1. The van der Waals surface area contributed by atoms with E-state index in [0.717, 1.165) is 24.5 Å². The molecule has 0 atom stereocenters. The Hall–Kier alpha value is -1.22. The van der Waals surface area contributed by atoms with Crippen LogP contribution in [0.4, 0.5) is 5.69 Å². The van der Waals surface area contributed by atoms with Crippen molar-refractivity contribution in [3.63, 3.8) is 0 Å². The summed E-state index contributed by atoms with van der Waals surface area (Å²) >= 11 is 0. The number of nitrogens with two attached hydrogens (primary N) is 1. The summed E-state index contributed by atoms with van der Waals surface area (Å²) in [6, 6.07) is 6.04. The number of likely N-dealkylation sites (N-methyl/N-ethyl adjacent to an activating group) is 1. The van der Waals surface area contributed by atoms with Crippen molar-refractivity contribution in [2.24, 2.45) is 0 Å². The first-order valence-corrected chi connectivity index (χ1v) is 6.11. The molecular weight excluding hydrogens is 212 g/mol. The maximum atomic E-state index is 5.93. The molecule has 0 aromatic heterocycles. The van der Waals surface area contributed by atoms with Gasteiger partial charge in [0.05, 0.1) is 0 Å². The second kappa shape index (κ2) is 4.22. The Kier molecular flexibility index (Phi) is 3.04. The first-order chi connectivity index (χ1) is 7.84. The van der Waals surface area contributed by atoms with E-state index in [1.54, 1.807) is 0 Å². The molecule has 1 heterocycles. The van der Waals surface area contributed by atoms with Gasteiger partial charge in [0, 0.05) is 24.8 Å². The quantitative estimate of drug-likeness (QED) is 0.798. The van der Waals surface area contributed by atoms with E-state index in [1.165, 1.54) is 5.56 Å². The highest BCUT2D eigenvalue weighted by Gasteiger charge is 2.25. The molecule has 3 heteroatoms. The zero-order valence-electron chi connectivity index (χ0n) is 11.2. The van der Waals surface area contributed by atoms with E-state index in [2.05, 4.69) is 38.8 Å². The van der Waals surface area contributed by atoms with Crippen molar-refractivity contribution in [3.05, 3.63) is 23.8 Å². The summed E-state index contributed by atoms with van der Waals surface area (Å²) in [5.41, 5.74) is 8.03. The van der Waals surface area contributed by atoms with Crippen LogP contribution in [-0.4, -0.2) is 31.1 Å². The van der Waals surface area contributed by atoms with Crippen LogP contribution in [-0.2, 0) is 5.41 Å². The van der Waals surface area contributed by atoms with Crippen molar-refractivity contribution in [2.45, 2.75) is 32.3 Å². The molecule has 0 bridgehead atoms. The Labute approximate surface area is 104 Å². The van der Waals surface area contributed by atoms with Gasteiger partial charge in [-0.25, -0.2) is 0 Å². The van der Waals surface area contributed by atoms with Crippen molar-refractivity contribution in [1.29, 1.82) is 0 Å². The monoisotopic (exact) mass is 234 g/mol. The summed E-state index contributed by atoms with van der Waals surface area (Å²) in [5, 5.41) is 0. The number of nitrogen functional groups attached to an aromatic ring is 1. The second-order valence-electron chi connectivity index (χ2n) is 6.00. The highest BCUT2D eigenvalue weighted by Crippen LogP contribution is 2.29. The molecule has 94 valence electrons. The third-order valence-electron chi connectivity index (χ3n) is 3.13. The molecule has 1 aromatic carbocycles. The van der Waals surface area contributed by atoms with Gasteiger partial charge in [0.2, 0.25) is 0 Å². The molecule has 0 aliphatic carbocycles. The van der Waals surface area contributed by atoms with E-state index in [1.807, 2.05) is 12.1 Å². The molecule has 0 amide bonds. The molecule has 0 saturated carbocycles. The Morgan fingerprint density at radius 3 is 2.41 bits per heavy atom. The van der Waals surface area contributed by atoms with Crippen LogP contribution in [0.25, 0.3) is 0 Å². The molecule has 0 unspecified atom stereocenters. The maximum Gasteiger partial charge on any atom is 0.124 e. The van der Waals surface area contributed by atoms with Gasteiger partial charge in [-0.05, 0) is 30.2 Å².